The zero-order chi connectivity index (χ0) is 13.0. The molecule has 0 atom stereocenters. The van der Waals surface area contributed by atoms with E-state index in [4.69, 9.17) is 14.2 Å². The molecule has 0 heterocycles. The highest BCUT2D eigenvalue weighted by Gasteiger charge is 2.16. The summed E-state index contributed by atoms with van der Waals surface area (Å²) >= 11 is 0. The average Bonchev–Trinajstić information content (AvgIpc) is 2.28. The smallest absolute Gasteiger partial charge is 0.0751 e. The standard InChI is InChI=1S/C13H29NO3/c1-5-7-14-12-13(2,3)17-11-10-16-9-6-8-15-4/h14H,5-12H2,1-4H3. The van der Waals surface area contributed by atoms with Crippen molar-refractivity contribution in [3.63, 3.8) is 0 Å². The fraction of sp³-hybridized carbons (Fsp3) is 1.00. The SMILES string of the molecule is CCCNCC(C)(C)OCCOCCCOC. The summed E-state index contributed by atoms with van der Waals surface area (Å²) in [6.45, 7) is 11.1. The predicted molar refractivity (Wildman–Crippen MR) is 70.5 cm³/mol. The van der Waals surface area contributed by atoms with Gasteiger partial charge in [0.05, 0.1) is 18.8 Å². The van der Waals surface area contributed by atoms with E-state index >= 15 is 0 Å². The largest absolute Gasteiger partial charge is 0.385 e. The van der Waals surface area contributed by atoms with Crippen LogP contribution in [0.5, 0.6) is 0 Å². The summed E-state index contributed by atoms with van der Waals surface area (Å²) in [4.78, 5) is 0. The van der Waals surface area contributed by atoms with Gasteiger partial charge in [-0.15, -0.1) is 0 Å². The maximum atomic E-state index is 5.76. The van der Waals surface area contributed by atoms with Crippen LogP contribution in [0.3, 0.4) is 0 Å². The molecule has 0 spiro atoms. The third kappa shape index (κ3) is 12.1. The lowest BCUT2D eigenvalue weighted by molar-refractivity contribution is -0.0457. The molecule has 0 aliphatic heterocycles. The van der Waals surface area contributed by atoms with Gasteiger partial charge in [0.15, 0.2) is 0 Å². The van der Waals surface area contributed by atoms with Gasteiger partial charge >= 0.3 is 0 Å². The number of rotatable bonds is 12. The molecular formula is C13H29NO3. The highest BCUT2D eigenvalue weighted by Crippen LogP contribution is 2.07. The topological polar surface area (TPSA) is 39.7 Å². The van der Waals surface area contributed by atoms with Gasteiger partial charge in [-0.2, -0.15) is 0 Å². The van der Waals surface area contributed by atoms with E-state index in [2.05, 4.69) is 26.1 Å². The Balaban J connectivity index is 3.32. The van der Waals surface area contributed by atoms with Crippen LogP contribution in [0.15, 0.2) is 0 Å². The van der Waals surface area contributed by atoms with Crippen LogP contribution in [0.25, 0.3) is 0 Å². The predicted octanol–water partition coefficient (Wildman–Crippen LogP) is 1.83. The second-order valence-corrected chi connectivity index (χ2v) is 4.74. The van der Waals surface area contributed by atoms with E-state index in [1.807, 2.05) is 0 Å². The van der Waals surface area contributed by atoms with Crippen LogP contribution in [-0.4, -0.2) is 52.2 Å². The molecule has 104 valence electrons. The summed E-state index contributed by atoms with van der Waals surface area (Å²) in [6.07, 6.45) is 2.09. The monoisotopic (exact) mass is 247 g/mol. The van der Waals surface area contributed by atoms with Crippen LogP contribution in [0.2, 0.25) is 0 Å². The number of hydrogen-bond acceptors (Lipinski definition) is 4. The lowest BCUT2D eigenvalue weighted by atomic mass is 10.1. The number of nitrogens with one attached hydrogen (secondary N) is 1. The number of hydrogen-bond donors (Lipinski definition) is 1. The van der Waals surface area contributed by atoms with Gasteiger partial charge in [-0.25, -0.2) is 0 Å². The summed E-state index contributed by atoms with van der Waals surface area (Å²) in [5.41, 5.74) is -0.120. The van der Waals surface area contributed by atoms with Crippen LogP contribution in [0.1, 0.15) is 33.6 Å². The zero-order valence-corrected chi connectivity index (χ0v) is 11.9. The average molecular weight is 247 g/mol. The van der Waals surface area contributed by atoms with E-state index < -0.39 is 0 Å². The van der Waals surface area contributed by atoms with Gasteiger partial charge < -0.3 is 19.5 Å². The van der Waals surface area contributed by atoms with Crippen LogP contribution >= 0.6 is 0 Å². The van der Waals surface area contributed by atoms with Crippen LogP contribution in [0.4, 0.5) is 0 Å². The Kier molecular flexibility index (Phi) is 10.9. The molecule has 0 saturated heterocycles. The Hall–Kier alpha value is -0.160. The van der Waals surface area contributed by atoms with E-state index in [-0.39, 0.29) is 5.60 Å². The van der Waals surface area contributed by atoms with E-state index in [0.29, 0.717) is 13.2 Å². The van der Waals surface area contributed by atoms with Crippen molar-refractivity contribution in [1.29, 1.82) is 0 Å². The van der Waals surface area contributed by atoms with Gasteiger partial charge in [0, 0.05) is 26.9 Å². The first-order chi connectivity index (χ1) is 8.12. The Bertz CT molecular complexity index is 163. The Morgan fingerprint density at radius 3 is 2.47 bits per heavy atom. The number of ether oxygens (including phenoxy) is 3. The third-order valence-corrected chi connectivity index (χ3v) is 2.34. The van der Waals surface area contributed by atoms with E-state index in [1.165, 1.54) is 0 Å². The fourth-order valence-corrected chi connectivity index (χ4v) is 1.40. The maximum absolute atomic E-state index is 5.76. The zero-order valence-electron chi connectivity index (χ0n) is 11.9. The maximum Gasteiger partial charge on any atom is 0.0751 e. The molecule has 0 aliphatic rings. The van der Waals surface area contributed by atoms with Gasteiger partial charge in [-0.05, 0) is 33.2 Å². The summed E-state index contributed by atoms with van der Waals surface area (Å²) in [5.74, 6) is 0. The van der Waals surface area contributed by atoms with Crippen molar-refractivity contribution in [3.8, 4) is 0 Å². The molecular weight excluding hydrogens is 218 g/mol. The van der Waals surface area contributed by atoms with Crippen molar-refractivity contribution in [1.82, 2.24) is 5.32 Å². The van der Waals surface area contributed by atoms with Crippen LogP contribution in [-0.2, 0) is 14.2 Å². The molecule has 0 aromatic carbocycles. The summed E-state index contributed by atoms with van der Waals surface area (Å²) in [5, 5.41) is 3.36. The van der Waals surface area contributed by atoms with E-state index in [1.54, 1.807) is 7.11 Å². The molecule has 0 unspecified atom stereocenters. The molecule has 0 aliphatic carbocycles. The minimum Gasteiger partial charge on any atom is -0.385 e. The van der Waals surface area contributed by atoms with Gasteiger partial charge in [0.1, 0.15) is 0 Å². The summed E-state index contributed by atoms with van der Waals surface area (Å²) in [6, 6.07) is 0. The second-order valence-electron chi connectivity index (χ2n) is 4.74. The molecule has 17 heavy (non-hydrogen) atoms. The molecule has 0 rings (SSSR count). The van der Waals surface area contributed by atoms with Gasteiger partial charge in [0.2, 0.25) is 0 Å². The Labute approximate surface area is 106 Å². The Morgan fingerprint density at radius 1 is 1.06 bits per heavy atom. The fourth-order valence-electron chi connectivity index (χ4n) is 1.40. The molecule has 4 heteroatoms. The van der Waals surface area contributed by atoms with Gasteiger partial charge in [0.25, 0.3) is 0 Å². The van der Waals surface area contributed by atoms with Crippen molar-refractivity contribution < 1.29 is 14.2 Å². The molecule has 0 aromatic rings. The molecule has 0 bridgehead atoms. The van der Waals surface area contributed by atoms with Crippen molar-refractivity contribution in [2.24, 2.45) is 0 Å². The number of methoxy groups -OCH3 is 1. The molecule has 0 radical (unpaired) electrons. The lowest BCUT2D eigenvalue weighted by Gasteiger charge is -2.25. The normalized spacial score (nSPS) is 12.0. The first-order valence-electron chi connectivity index (χ1n) is 6.53. The minimum atomic E-state index is -0.120. The van der Waals surface area contributed by atoms with Gasteiger partial charge in [-0.1, -0.05) is 6.92 Å². The first-order valence-corrected chi connectivity index (χ1v) is 6.53. The van der Waals surface area contributed by atoms with Crippen molar-refractivity contribution in [3.05, 3.63) is 0 Å². The molecule has 0 saturated carbocycles. The van der Waals surface area contributed by atoms with Gasteiger partial charge in [-0.3, -0.25) is 0 Å². The van der Waals surface area contributed by atoms with Crippen molar-refractivity contribution in [2.75, 3.05) is 46.6 Å². The molecule has 0 aromatic heterocycles. The lowest BCUT2D eigenvalue weighted by Crippen LogP contribution is -2.38. The summed E-state index contributed by atoms with van der Waals surface area (Å²) in [7, 11) is 1.70. The Morgan fingerprint density at radius 2 is 1.82 bits per heavy atom. The summed E-state index contributed by atoms with van der Waals surface area (Å²) < 4.78 is 16.1. The second kappa shape index (κ2) is 11.0. The first kappa shape index (κ1) is 16.8. The van der Waals surface area contributed by atoms with Crippen LogP contribution < -0.4 is 5.32 Å². The van der Waals surface area contributed by atoms with E-state index in [0.717, 1.165) is 39.1 Å². The molecule has 4 nitrogen and oxygen atoms in total. The molecule has 1 N–H and O–H groups in total. The molecule has 0 amide bonds. The third-order valence-electron chi connectivity index (χ3n) is 2.34. The quantitative estimate of drug-likeness (QED) is 0.534. The highest BCUT2D eigenvalue weighted by atomic mass is 16.5. The van der Waals surface area contributed by atoms with Crippen LogP contribution in [0, 0.1) is 0 Å². The van der Waals surface area contributed by atoms with Crippen molar-refractivity contribution in [2.45, 2.75) is 39.2 Å². The highest BCUT2D eigenvalue weighted by molar-refractivity contribution is 4.71. The molecule has 0 fully saturated rings. The van der Waals surface area contributed by atoms with Crippen molar-refractivity contribution >= 4 is 0 Å². The minimum absolute atomic E-state index is 0.120. The van der Waals surface area contributed by atoms with E-state index in [9.17, 15) is 0 Å².